The summed E-state index contributed by atoms with van der Waals surface area (Å²) in [5.74, 6) is -56.1. The number of rotatable bonds is 19. The molecule has 0 aromatic carbocycles. The van der Waals surface area contributed by atoms with E-state index >= 15 is 0 Å². The van der Waals surface area contributed by atoms with E-state index in [2.05, 4.69) is 0 Å². The first-order valence-electron chi connectivity index (χ1n) is 14.2. The predicted molar refractivity (Wildman–Crippen MR) is 121 cm³/mol. The molecule has 0 aliphatic rings. The van der Waals surface area contributed by atoms with Crippen LogP contribution >= 0.6 is 0 Å². The molecule has 0 spiro atoms. The quantitative estimate of drug-likeness (QED) is 0.0990. The molecule has 0 radical (unpaired) electrons. The Labute approximate surface area is 324 Å². The van der Waals surface area contributed by atoms with Crippen LogP contribution in [0.4, 0.5) is 149 Å². The van der Waals surface area contributed by atoms with Crippen molar-refractivity contribution < 1.29 is 178 Å². The van der Waals surface area contributed by atoms with Gasteiger partial charge in [-0.1, -0.05) is 0 Å². The first-order chi connectivity index (χ1) is 27.4. The van der Waals surface area contributed by atoms with Crippen molar-refractivity contribution in [3.8, 4) is 0 Å². The van der Waals surface area contributed by atoms with Gasteiger partial charge < -0.3 is 10.6 Å². The number of carbonyl (C=O) groups is 2. The molecule has 64 heavy (non-hydrogen) atoms. The molecule has 2 N–H and O–H groups in total. The van der Waals surface area contributed by atoms with E-state index in [1.165, 1.54) is 9.47 Å². The fourth-order valence-corrected chi connectivity index (χ4v) is 3.21. The van der Waals surface area contributed by atoms with Crippen LogP contribution in [0.25, 0.3) is 0 Å². The highest BCUT2D eigenvalue weighted by Crippen LogP contribution is 2.58. The van der Waals surface area contributed by atoms with Crippen LogP contribution in [0.1, 0.15) is 12.8 Å². The lowest BCUT2D eigenvalue weighted by atomic mass is 10.2. The third-order valence-electron chi connectivity index (χ3n) is 6.48. The molecule has 0 fully saturated rings. The minimum Gasteiger partial charge on any atom is -0.351 e. The van der Waals surface area contributed by atoms with E-state index in [0.717, 1.165) is 0 Å². The van der Waals surface area contributed by atoms with Gasteiger partial charge in [-0.05, 0) is 12.8 Å². The maximum absolute atomic E-state index is 14.5. The van der Waals surface area contributed by atoms with Gasteiger partial charge in [-0.15, -0.1) is 0 Å². The Morgan fingerprint density at radius 1 is 0.297 bits per heavy atom. The highest BCUT2D eigenvalue weighted by atomic mass is 19.5. The number of unbranched alkanes of at least 4 members (excludes halogenated alkanes) is 1. The third kappa shape index (κ3) is 11.1. The summed E-state index contributed by atoms with van der Waals surface area (Å²) < 4.78 is 455. The van der Waals surface area contributed by atoms with Crippen molar-refractivity contribution in [2.24, 2.45) is 0 Å². The fraction of sp³-hybridized carbons (Fsp3) is 0.909. The maximum atomic E-state index is 14.5. The first-order valence-corrected chi connectivity index (χ1v) is 14.2. The summed E-state index contributed by atoms with van der Waals surface area (Å²) in [5.41, 5.74) is 0. The van der Waals surface area contributed by atoms with Crippen LogP contribution < -0.4 is 10.6 Å². The number of alkyl halides is 34. The van der Waals surface area contributed by atoms with Crippen molar-refractivity contribution in [2.75, 3.05) is 13.1 Å². The Morgan fingerprint density at radius 2 is 0.516 bits per heavy atom. The summed E-state index contributed by atoms with van der Waals surface area (Å²) in [7, 11) is 0. The number of carbonyl (C=O) groups excluding carboxylic acids is 2. The van der Waals surface area contributed by atoms with Gasteiger partial charge in [-0.2, -0.15) is 149 Å². The average Bonchev–Trinajstić information content (AvgIpc) is 3.01. The molecule has 4 unspecified atom stereocenters. The van der Waals surface area contributed by atoms with Crippen molar-refractivity contribution in [1.29, 1.82) is 0 Å². The number of amides is 2. The molecule has 0 heterocycles. The molecule has 0 saturated carbocycles. The summed E-state index contributed by atoms with van der Waals surface area (Å²) in [6.45, 7) is -4.06. The molecule has 0 aromatic heterocycles. The van der Waals surface area contributed by atoms with Crippen LogP contribution in [0.15, 0.2) is 0 Å². The zero-order valence-electron chi connectivity index (χ0n) is 28.1. The van der Waals surface area contributed by atoms with E-state index in [1.807, 2.05) is 0 Å². The average molecular weight is 1040 g/mol. The fourth-order valence-electron chi connectivity index (χ4n) is 3.21. The van der Waals surface area contributed by atoms with E-state index < -0.39 is 135 Å². The normalized spacial score (nSPS) is 19.0. The lowest BCUT2D eigenvalue weighted by Crippen LogP contribution is -2.68. The SMILES string of the molecule is O=C(NCCCCNC(=O)C(F)(OC(F)(F)C(F)(OC(F)(F)C(F)(F)C(F)(F)F)C(F)(F)F)C(F)(F)F)C(F)(OC(F)(F)C(F)(OC(F)(F)C(F)(F)C(F)(F)F)C(F)(F)F)C(F)(F)F. The highest BCUT2D eigenvalue weighted by molar-refractivity contribution is 5.85. The number of hydrogen-bond donors (Lipinski definition) is 2. The molecule has 8 nitrogen and oxygen atoms in total. The Morgan fingerprint density at radius 3 is 0.688 bits per heavy atom. The first kappa shape index (κ1) is 60.4. The third-order valence-corrected chi connectivity index (χ3v) is 6.48. The van der Waals surface area contributed by atoms with Gasteiger partial charge in [0, 0.05) is 13.1 Å². The molecule has 4 atom stereocenters. The summed E-state index contributed by atoms with van der Waals surface area (Å²) in [6.07, 6.45) is -84.1. The Hall–Kier alpha value is -3.60. The number of nitrogens with one attached hydrogen (secondary N) is 2. The van der Waals surface area contributed by atoms with Crippen LogP contribution in [0.2, 0.25) is 0 Å². The Balaban J connectivity index is 6.40. The van der Waals surface area contributed by atoms with E-state index in [0.29, 0.717) is 0 Å². The molecule has 0 aliphatic heterocycles. The monoisotopic (exact) mass is 1040 g/mol. The topological polar surface area (TPSA) is 95.1 Å². The van der Waals surface area contributed by atoms with Gasteiger partial charge in [-0.3, -0.25) is 28.5 Å². The van der Waals surface area contributed by atoms with Gasteiger partial charge >= 0.3 is 96.8 Å². The molecular formula is C22H10F34N2O6. The molecule has 0 bridgehead atoms. The standard InChI is InChI=1S/C22H10F34N2O6/c23-7(13(31,32)33,61-21(53,54)11(29,17(43,44)45)63-19(49,50)9(25,26)15(37,38)39)5(59)57-3-1-2-4-58-6(60)8(24,14(34,35)36)62-22(55,56)12(30,18(46,47)48)64-20(51,52)10(27,28)16(40,41)42/h1-4H2,(H,57,59)(H,58,60). The smallest absolute Gasteiger partial charge is 0.351 e. The molecule has 0 aliphatic carbocycles. The largest absolute Gasteiger partial charge is 0.462 e. The second-order valence-corrected chi connectivity index (χ2v) is 11.2. The minimum atomic E-state index is -8.45. The number of halogens is 34. The number of ether oxygens (including phenoxy) is 4. The summed E-state index contributed by atoms with van der Waals surface area (Å²) in [4.78, 5) is 23.4. The molecule has 2 amide bonds. The van der Waals surface area contributed by atoms with Gasteiger partial charge in [0.2, 0.25) is 0 Å². The molecule has 42 heteroatoms. The van der Waals surface area contributed by atoms with Crippen molar-refractivity contribution in [3.63, 3.8) is 0 Å². The van der Waals surface area contributed by atoms with Crippen LogP contribution in [0.3, 0.4) is 0 Å². The second-order valence-electron chi connectivity index (χ2n) is 11.2. The van der Waals surface area contributed by atoms with Crippen LogP contribution in [0.5, 0.6) is 0 Å². The molecule has 0 aromatic rings. The Kier molecular flexibility index (Phi) is 16.3. The van der Waals surface area contributed by atoms with Crippen LogP contribution in [0, 0.1) is 0 Å². The van der Waals surface area contributed by atoms with Gasteiger partial charge in [0.1, 0.15) is 0 Å². The Bertz CT molecular complexity index is 1510. The van der Waals surface area contributed by atoms with Gasteiger partial charge in [0.25, 0.3) is 11.8 Å². The van der Waals surface area contributed by atoms with Crippen molar-refractivity contribution >= 4 is 11.8 Å². The van der Waals surface area contributed by atoms with E-state index in [1.54, 1.807) is 9.47 Å². The van der Waals surface area contributed by atoms with Crippen molar-refractivity contribution in [1.82, 2.24) is 10.6 Å². The highest BCUT2D eigenvalue weighted by Gasteiger charge is 2.87. The summed E-state index contributed by atoms with van der Waals surface area (Å²) in [6, 6.07) is 0. The number of hydrogen-bond acceptors (Lipinski definition) is 6. The van der Waals surface area contributed by atoms with E-state index in [9.17, 15) is 159 Å². The second kappa shape index (κ2) is 17.2. The molecule has 0 saturated heterocycles. The van der Waals surface area contributed by atoms with Crippen LogP contribution in [-0.4, -0.2) is 122 Å². The van der Waals surface area contributed by atoms with Crippen molar-refractivity contribution in [3.05, 3.63) is 0 Å². The van der Waals surface area contributed by atoms with Crippen LogP contribution in [-0.2, 0) is 28.5 Å². The zero-order valence-corrected chi connectivity index (χ0v) is 28.1. The lowest BCUT2D eigenvalue weighted by molar-refractivity contribution is -0.548. The minimum absolute atomic E-state index is 0.286. The predicted octanol–water partition coefficient (Wildman–Crippen LogP) is 9.74. The van der Waals surface area contributed by atoms with Gasteiger partial charge in [-0.25, -0.2) is 0 Å². The van der Waals surface area contributed by atoms with E-state index in [4.69, 9.17) is 0 Å². The van der Waals surface area contributed by atoms with Gasteiger partial charge in [0.15, 0.2) is 0 Å². The zero-order chi connectivity index (χ0) is 52.2. The summed E-state index contributed by atoms with van der Waals surface area (Å²) >= 11 is 0. The molecule has 382 valence electrons. The molecular weight excluding hydrogens is 1030 g/mol. The van der Waals surface area contributed by atoms with Crippen molar-refractivity contribution in [2.45, 2.75) is 110 Å². The maximum Gasteiger partial charge on any atom is 0.462 e. The molecule has 0 rings (SSSR count). The van der Waals surface area contributed by atoms with E-state index in [-0.39, 0.29) is 10.6 Å². The lowest BCUT2D eigenvalue weighted by Gasteiger charge is -2.40. The van der Waals surface area contributed by atoms with Gasteiger partial charge in [0.05, 0.1) is 0 Å². The summed E-state index contributed by atoms with van der Waals surface area (Å²) in [5, 5.41) is 0.573.